The van der Waals surface area contributed by atoms with Crippen LogP contribution in [0, 0.1) is 12.8 Å². The van der Waals surface area contributed by atoms with E-state index >= 15 is 0 Å². The van der Waals surface area contributed by atoms with Gasteiger partial charge in [0.2, 0.25) is 11.8 Å². The van der Waals surface area contributed by atoms with Crippen LogP contribution >= 0.6 is 0 Å². The zero-order chi connectivity index (χ0) is 22.8. The zero-order valence-corrected chi connectivity index (χ0v) is 16.7. The number of halogens is 3. The van der Waals surface area contributed by atoms with Gasteiger partial charge in [-0.25, -0.2) is 4.98 Å². The first-order valence-electron chi connectivity index (χ1n) is 9.69. The van der Waals surface area contributed by atoms with Crippen molar-refractivity contribution in [1.82, 2.24) is 20.8 Å². The molecule has 31 heavy (non-hydrogen) atoms. The predicted molar refractivity (Wildman–Crippen MR) is 104 cm³/mol. The van der Waals surface area contributed by atoms with Crippen molar-refractivity contribution in [2.75, 3.05) is 0 Å². The maximum absolute atomic E-state index is 13.6. The minimum absolute atomic E-state index is 0.0955. The van der Waals surface area contributed by atoms with Gasteiger partial charge in [-0.3, -0.25) is 25.2 Å². The van der Waals surface area contributed by atoms with Crippen LogP contribution in [0.4, 0.5) is 13.2 Å². The molecule has 166 valence electrons. The number of amides is 3. The first kappa shape index (κ1) is 22.3. The van der Waals surface area contributed by atoms with E-state index in [-0.39, 0.29) is 23.2 Å². The van der Waals surface area contributed by atoms with E-state index in [1.54, 1.807) is 6.92 Å². The minimum Gasteiger partial charge on any atom is -0.366 e. The molecule has 3 amide bonds. The number of hydrazine groups is 1. The smallest absolute Gasteiger partial charge is 0.366 e. The van der Waals surface area contributed by atoms with Gasteiger partial charge in [0.15, 0.2) is 0 Å². The van der Waals surface area contributed by atoms with E-state index in [4.69, 9.17) is 5.73 Å². The van der Waals surface area contributed by atoms with E-state index in [0.29, 0.717) is 25.1 Å². The minimum atomic E-state index is -4.66. The molecular weight excluding hydrogens is 415 g/mol. The maximum atomic E-state index is 13.6. The number of imidazole rings is 1. The van der Waals surface area contributed by atoms with Crippen LogP contribution in [-0.2, 0) is 11.0 Å². The van der Waals surface area contributed by atoms with Crippen molar-refractivity contribution < 1.29 is 27.6 Å². The quantitative estimate of drug-likeness (QED) is 0.548. The molecule has 1 aliphatic rings. The second-order valence-corrected chi connectivity index (χ2v) is 7.51. The summed E-state index contributed by atoms with van der Waals surface area (Å²) in [6.07, 6.45) is -1.93. The van der Waals surface area contributed by atoms with Crippen LogP contribution in [0.25, 0.3) is 0 Å². The summed E-state index contributed by atoms with van der Waals surface area (Å²) < 4.78 is 40.8. The largest absolute Gasteiger partial charge is 0.416 e. The molecule has 2 atom stereocenters. The van der Waals surface area contributed by atoms with E-state index < -0.39 is 41.3 Å². The summed E-state index contributed by atoms with van der Waals surface area (Å²) in [6.45, 7) is 1.66. The van der Waals surface area contributed by atoms with E-state index in [1.165, 1.54) is 12.3 Å². The second-order valence-electron chi connectivity index (χ2n) is 7.51. The van der Waals surface area contributed by atoms with Gasteiger partial charge in [-0.2, -0.15) is 13.2 Å². The normalized spacial score (nSPS) is 19.0. The molecule has 1 saturated carbocycles. The van der Waals surface area contributed by atoms with Crippen LogP contribution < -0.4 is 16.6 Å². The molecule has 8 nitrogen and oxygen atoms in total. The Morgan fingerprint density at radius 1 is 1.19 bits per heavy atom. The van der Waals surface area contributed by atoms with Gasteiger partial charge in [0.1, 0.15) is 11.5 Å². The summed E-state index contributed by atoms with van der Waals surface area (Å²) in [4.78, 5) is 43.0. The lowest BCUT2D eigenvalue weighted by Crippen LogP contribution is -2.45. The van der Waals surface area contributed by atoms with Gasteiger partial charge in [0.25, 0.3) is 5.91 Å². The fourth-order valence-corrected chi connectivity index (χ4v) is 3.98. The number of rotatable bonds is 4. The third-order valence-electron chi connectivity index (χ3n) is 5.38. The van der Waals surface area contributed by atoms with Crippen LogP contribution in [0.2, 0.25) is 0 Å². The summed E-state index contributed by atoms with van der Waals surface area (Å²) in [6, 6.07) is 3.33. The molecule has 1 fully saturated rings. The number of H-pyrrole nitrogens is 1. The predicted octanol–water partition coefficient (Wildman–Crippen LogP) is 2.57. The summed E-state index contributed by atoms with van der Waals surface area (Å²) in [5.41, 5.74) is 8.78. The van der Waals surface area contributed by atoms with Crippen LogP contribution in [0.5, 0.6) is 0 Å². The van der Waals surface area contributed by atoms with Crippen LogP contribution in [-0.4, -0.2) is 27.7 Å². The zero-order valence-electron chi connectivity index (χ0n) is 16.7. The van der Waals surface area contributed by atoms with E-state index in [9.17, 15) is 27.6 Å². The average molecular weight is 437 g/mol. The Labute approximate surface area is 175 Å². The van der Waals surface area contributed by atoms with Crippen molar-refractivity contribution in [3.8, 4) is 0 Å². The molecule has 11 heteroatoms. The molecule has 0 unspecified atom stereocenters. The topological polar surface area (TPSA) is 130 Å². The number of alkyl halides is 3. The van der Waals surface area contributed by atoms with Gasteiger partial charge >= 0.3 is 6.18 Å². The third kappa shape index (κ3) is 5.04. The van der Waals surface area contributed by atoms with Crippen molar-refractivity contribution in [3.05, 3.63) is 52.6 Å². The monoisotopic (exact) mass is 437 g/mol. The Kier molecular flexibility index (Phi) is 6.32. The van der Waals surface area contributed by atoms with Gasteiger partial charge in [0, 0.05) is 11.5 Å². The number of nitrogens with two attached hydrogens (primary N) is 1. The number of aromatic amines is 1. The van der Waals surface area contributed by atoms with Crippen molar-refractivity contribution in [3.63, 3.8) is 0 Å². The second kappa shape index (κ2) is 8.78. The molecule has 0 aliphatic heterocycles. The third-order valence-corrected chi connectivity index (χ3v) is 5.38. The molecule has 0 bridgehead atoms. The molecule has 1 aromatic heterocycles. The number of carbonyl (C=O) groups is 3. The van der Waals surface area contributed by atoms with Crippen LogP contribution in [0.3, 0.4) is 0 Å². The molecule has 1 aromatic carbocycles. The lowest BCUT2D eigenvalue weighted by molar-refractivity contribution is -0.138. The highest BCUT2D eigenvalue weighted by atomic mass is 19.4. The molecule has 0 spiro atoms. The fraction of sp³-hybridized carbons (Fsp3) is 0.400. The summed E-state index contributed by atoms with van der Waals surface area (Å²) >= 11 is 0. The SMILES string of the molecule is Cc1ncc(C(=O)NNC(=O)[C@H]2CCC[C@@H](c3c(C(N)=O)cccc3C(F)(F)F)C2)[nH]1. The highest BCUT2D eigenvalue weighted by Gasteiger charge is 2.39. The Morgan fingerprint density at radius 2 is 1.94 bits per heavy atom. The molecular formula is C20H22F3N5O3. The number of benzene rings is 1. The van der Waals surface area contributed by atoms with Crippen molar-refractivity contribution in [2.45, 2.75) is 44.7 Å². The number of primary amides is 1. The summed E-state index contributed by atoms with van der Waals surface area (Å²) in [7, 11) is 0. The number of nitrogens with one attached hydrogen (secondary N) is 3. The number of nitrogens with zero attached hydrogens (tertiary/aromatic N) is 1. The Bertz CT molecular complexity index is 1000. The summed E-state index contributed by atoms with van der Waals surface area (Å²) in [5.74, 6) is -2.84. The number of hydrogen-bond donors (Lipinski definition) is 4. The first-order chi connectivity index (χ1) is 14.6. The van der Waals surface area contributed by atoms with Gasteiger partial charge in [-0.1, -0.05) is 12.5 Å². The van der Waals surface area contributed by atoms with Crippen molar-refractivity contribution in [2.24, 2.45) is 11.7 Å². The maximum Gasteiger partial charge on any atom is 0.416 e. The van der Waals surface area contributed by atoms with E-state index in [0.717, 1.165) is 12.1 Å². The highest BCUT2D eigenvalue weighted by molar-refractivity contribution is 5.95. The molecule has 1 heterocycles. The fourth-order valence-electron chi connectivity index (χ4n) is 3.98. The molecule has 0 saturated heterocycles. The van der Waals surface area contributed by atoms with Crippen LogP contribution in [0.1, 0.15) is 69.4 Å². The Morgan fingerprint density at radius 3 is 2.55 bits per heavy atom. The van der Waals surface area contributed by atoms with Gasteiger partial charge in [-0.15, -0.1) is 0 Å². The Hall–Kier alpha value is -3.37. The first-order valence-corrected chi connectivity index (χ1v) is 9.69. The van der Waals surface area contributed by atoms with Gasteiger partial charge in [-0.05, 0) is 49.8 Å². The number of aryl methyl sites for hydroxylation is 1. The van der Waals surface area contributed by atoms with Crippen LogP contribution in [0.15, 0.2) is 24.4 Å². The van der Waals surface area contributed by atoms with Crippen molar-refractivity contribution in [1.29, 1.82) is 0 Å². The molecule has 2 aromatic rings. The molecule has 0 radical (unpaired) electrons. The van der Waals surface area contributed by atoms with Gasteiger partial charge < -0.3 is 10.7 Å². The number of aromatic nitrogens is 2. The van der Waals surface area contributed by atoms with E-state index in [2.05, 4.69) is 20.8 Å². The number of hydrogen-bond acceptors (Lipinski definition) is 4. The lowest BCUT2D eigenvalue weighted by atomic mass is 9.75. The highest BCUT2D eigenvalue weighted by Crippen LogP contribution is 2.43. The molecule has 1 aliphatic carbocycles. The Balaban J connectivity index is 1.75. The summed E-state index contributed by atoms with van der Waals surface area (Å²) in [5, 5.41) is 0. The van der Waals surface area contributed by atoms with E-state index in [1.807, 2.05) is 0 Å². The molecule has 3 rings (SSSR count). The number of carbonyl (C=O) groups excluding carboxylic acids is 3. The average Bonchev–Trinajstić information content (AvgIpc) is 3.17. The van der Waals surface area contributed by atoms with Gasteiger partial charge in [0.05, 0.1) is 11.8 Å². The molecule has 5 N–H and O–H groups in total. The van der Waals surface area contributed by atoms with Crippen molar-refractivity contribution >= 4 is 17.7 Å². The standard InChI is InChI=1S/C20H22F3N5O3/c1-10-25-9-15(26-10)19(31)28-27-18(30)12-5-2-4-11(8-12)16-13(17(24)29)6-3-7-14(16)20(21,22)23/h3,6-7,9,11-12H,2,4-5,8H2,1H3,(H2,24,29)(H,25,26)(H,27,30)(H,28,31)/t11-,12+/m1/s1. The lowest BCUT2D eigenvalue weighted by Gasteiger charge is -2.31.